The molecule has 0 aromatic carbocycles. The van der Waals surface area contributed by atoms with Crippen LogP contribution >= 0.6 is 0 Å². The Morgan fingerprint density at radius 2 is 2.12 bits per heavy atom. The summed E-state index contributed by atoms with van der Waals surface area (Å²) >= 11 is 0. The van der Waals surface area contributed by atoms with Gasteiger partial charge in [0, 0.05) is 11.5 Å². The zero-order valence-corrected chi connectivity index (χ0v) is 10.8. The van der Waals surface area contributed by atoms with Crippen LogP contribution in [-0.2, 0) is 5.41 Å². The zero-order chi connectivity index (χ0) is 12.9. The van der Waals surface area contributed by atoms with Crippen molar-refractivity contribution in [1.82, 2.24) is 9.97 Å². The second-order valence-corrected chi connectivity index (χ2v) is 4.69. The number of nitrogens with zero attached hydrogens (tertiary/aromatic N) is 2. The lowest BCUT2D eigenvalue weighted by Gasteiger charge is -2.18. The average molecular weight is 236 g/mol. The van der Waals surface area contributed by atoms with E-state index in [1.54, 1.807) is 6.07 Å². The summed E-state index contributed by atoms with van der Waals surface area (Å²) in [5.41, 5.74) is 2.37. The summed E-state index contributed by atoms with van der Waals surface area (Å²) in [6, 6.07) is 1.68. The summed E-state index contributed by atoms with van der Waals surface area (Å²) in [7, 11) is 0. The molecule has 0 saturated carbocycles. The number of nitrogens with one attached hydrogen (secondary N) is 1. The summed E-state index contributed by atoms with van der Waals surface area (Å²) in [4.78, 5) is 8.67. The van der Waals surface area contributed by atoms with Gasteiger partial charge in [-0.2, -0.15) is 4.98 Å². The van der Waals surface area contributed by atoms with Crippen molar-refractivity contribution in [3.63, 3.8) is 0 Å². The van der Waals surface area contributed by atoms with Crippen LogP contribution in [0.15, 0.2) is 18.2 Å². The minimum atomic E-state index is -0.147. The van der Waals surface area contributed by atoms with Crippen molar-refractivity contribution in [1.29, 1.82) is 0 Å². The van der Waals surface area contributed by atoms with Crippen LogP contribution in [-0.4, -0.2) is 16.6 Å². The lowest BCUT2D eigenvalue weighted by molar-refractivity contribution is 0.343. The number of hydrogen-bond donors (Lipinski definition) is 2. The molecule has 5 heteroatoms. The van der Waals surface area contributed by atoms with Gasteiger partial charge in [-0.15, -0.1) is 0 Å². The fraction of sp³-hybridized carbons (Fsp3) is 0.500. The zero-order valence-electron chi connectivity index (χ0n) is 10.8. The molecule has 3 N–H and O–H groups in total. The molecule has 1 aromatic heterocycles. The summed E-state index contributed by atoms with van der Waals surface area (Å²) in [6.07, 6.45) is 3.84. The van der Waals surface area contributed by atoms with E-state index >= 15 is 0 Å². The van der Waals surface area contributed by atoms with Gasteiger partial charge in [0.25, 0.3) is 0 Å². The quantitative estimate of drug-likeness (QED) is 0.475. The topological polar surface area (TPSA) is 73.1 Å². The molecule has 0 aliphatic rings. The van der Waals surface area contributed by atoms with E-state index in [9.17, 15) is 0 Å². The summed E-state index contributed by atoms with van der Waals surface area (Å²) in [6.45, 7) is 8.55. The number of ether oxygens (including phenoxy) is 1. The molecule has 1 rings (SSSR count). The third-order valence-corrected chi connectivity index (χ3v) is 2.08. The highest BCUT2D eigenvalue weighted by Gasteiger charge is 2.19. The first kappa shape index (κ1) is 13.4. The van der Waals surface area contributed by atoms with Crippen molar-refractivity contribution in [3.8, 4) is 5.88 Å². The number of hydrazine groups is 1. The molecule has 0 radical (unpaired) electrons. The highest BCUT2D eigenvalue weighted by atomic mass is 16.5. The molecule has 94 valence electrons. The van der Waals surface area contributed by atoms with Gasteiger partial charge >= 0.3 is 0 Å². The van der Waals surface area contributed by atoms with Crippen LogP contribution in [0.1, 0.15) is 33.5 Å². The van der Waals surface area contributed by atoms with Crippen LogP contribution in [0.4, 0.5) is 5.82 Å². The normalized spacial score (nSPS) is 11.8. The van der Waals surface area contributed by atoms with Gasteiger partial charge in [0.15, 0.2) is 0 Å². The Labute approximate surface area is 102 Å². The molecule has 0 atom stereocenters. The maximum Gasteiger partial charge on any atom is 0.219 e. The monoisotopic (exact) mass is 236 g/mol. The Morgan fingerprint density at radius 3 is 2.65 bits per heavy atom. The lowest BCUT2D eigenvalue weighted by Crippen LogP contribution is -2.19. The first-order valence-corrected chi connectivity index (χ1v) is 5.57. The first-order valence-electron chi connectivity index (χ1n) is 5.57. The van der Waals surface area contributed by atoms with Crippen molar-refractivity contribution >= 4 is 5.82 Å². The number of nitrogens with two attached hydrogens (primary N) is 1. The van der Waals surface area contributed by atoms with Crippen LogP contribution in [0.3, 0.4) is 0 Å². The maximum atomic E-state index is 5.49. The lowest BCUT2D eigenvalue weighted by atomic mass is 9.96. The predicted molar refractivity (Wildman–Crippen MR) is 68.9 cm³/mol. The maximum absolute atomic E-state index is 5.49. The fourth-order valence-corrected chi connectivity index (χ4v) is 1.14. The van der Waals surface area contributed by atoms with Crippen LogP contribution in [0.25, 0.3) is 0 Å². The second kappa shape index (κ2) is 5.63. The van der Waals surface area contributed by atoms with Crippen LogP contribution in [0.5, 0.6) is 5.88 Å². The minimum absolute atomic E-state index is 0.147. The molecule has 5 nitrogen and oxygen atoms in total. The van der Waals surface area contributed by atoms with Crippen LogP contribution in [0.2, 0.25) is 0 Å². The third-order valence-electron chi connectivity index (χ3n) is 2.08. The third kappa shape index (κ3) is 4.03. The van der Waals surface area contributed by atoms with Gasteiger partial charge < -0.3 is 10.2 Å². The number of anilines is 1. The predicted octanol–water partition coefficient (Wildman–Crippen LogP) is 2.01. The largest absolute Gasteiger partial charge is 0.473 e. The second-order valence-electron chi connectivity index (χ2n) is 4.69. The molecule has 17 heavy (non-hydrogen) atoms. The number of aromatic nitrogens is 2. The van der Waals surface area contributed by atoms with Gasteiger partial charge in [0.05, 0.1) is 0 Å². The summed E-state index contributed by atoms with van der Waals surface area (Å²) in [5.74, 6) is 7.15. The van der Waals surface area contributed by atoms with Gasteiger partial charge in [0.2, 0.25) is 5.88 Å². The van der Waals surface area contributed by atoms with Gasteiger partial charge in [0.1, 0.15) is 18.2 Å². The summed E-state index contributed by atoms with van der Waals surface area (Å²) in [5, 5.41) is 0. The molecule has 0 bridgehead atoms. The molecule has 0 saturated heterocycles. The van der Waals surface area contributed by atoms with E-state index in [0.29, 0.717) is 24.1 Å². The van der Waals surface area contributed by atoms with E-state index in [0.717, 1.165) is 0 Å². The smallest absolute Gasteiger partial charge is 0.219 e. The van der Waals surface area contributed by atoms with Crippen molar-refractivity contribution < 1.29 is 4.74 Å². The molecule has 0 aliphatic carbocycles. The molecular weight excluding hydrogens is 216 g/mol. The highest BCUT2D eigenvalue weighted by molar-refractivity contribution is 5.38. The van der Waals surface area contributed by atoms with Gasteiger partial charge in [-0.3, -0.25) is 0 Å². The van der Waals surface area contributed by atoms with Crippen LogP contribution in [0, 0.1) is 0 Å². The van der Waals surface area contributed by atoms with Crippen molar-refractivity contribution in [3.05, 3.63) is 24.0 Å². The molecule has 0 fully saturated rings. The van der Waals surface area contributed by atoms with E-state index in [1.807, 2.05) is 39.8 Å². The number of allylic oxidation sites excluding steroid dienone is 1. The van der Waals surface area contributed by atoms with E-state index in [-0.39, 0.29) is 5.41 Å². The fourth-order valence-electron chi connectivity index (χ4n) is 1.14. The van der Waals surface area contributed by atoms with Crippen molar-refractivity contribution in [2.75, 3.05) is 12.0 Å². The Bertz CT molecular complexity index is 396. The van der Waals surface area contributed by atoms with Gasteiger partial charge in [-0.25, -0.2) is 10.8 Å². The molecule has 1 heterocycles. The number of rotatable bonds is 4. The van der Waals surface area contributed by atoms with Crippen LogP contribution < -0.4 is 16.0 Å². The number of hydrogen-bond acceptors (Lipinski definition) is 5. The van der Waals surface area contributed by atoms with Crippen molar-refractivity contribution in [2.24, 2.45) is 5.84 Å². The Morgan fingerprint density at radius 1 is 1.41 bits per heavy atom. The molecule has 0 amide bonds. The first-order chi connectivity index (χ1) is 7.97. The SMILES string of the molecule is C/C=C/COc1cc(NN)nc(C(C)(C)C)n1. The van der Waals surface area contributed by atoms with E-state index in [4.69, 9.17) is 10.6 Å². The Balaban J connectivity index is 2.97. The molecule has 0 unspecified atom stereocenters. The average Bonchev–Trinajstić information content (AvgIpc) is 2.28. The van der Waals surface area contributed by atoms with E-state index < -0.39 is 0 Å². The standard InChI is InChI=1S/C12H20N4O/c1-5-6-7-17-10-8-9(16-13)14-11(15-10)12(2,3)4/h5-6,8H,7,13H2,1-4H3,(H,14,15,16)/b6-5+. The van der Waals surface area contributed by atoms with Gasteiger partial charge in [-0.1, -0.05) is 32.9 Å². The van der Waals surface area contributed by atoms with Gasteiger partial charge in [-0.05, 0) is 6.92 Å². The molecule has 0 spiro atoms. The minimum Gasteiger partial charge on any atom is -0.473 e. The molecular formula is C12H20N4O. The Hall–Kier alpha value is -1.62. The molecule has 1 aromatic rings. The number of nitrogen functional groups attached to an aromatic ring is 1. The van der Waals surface area contributed by atoms with Crippen molar-refractivity contribution in [2.45, 2.75) is 33.1 Å². The van der Waals surface area contributed by atoms with E-state index in [1.165, 1.54) is 0 Å². The van der Waals surface area contributed by atoms with E-state index in [2.05, 4.69) is 15.4 Å². The highest BCUT2D eigenvalue weighted by Crippen LogP contribution is 2.22. The Kier molecular flexibility index (Phi) is 4.45. The summed E-state index contributed by atoms with van der Waals surface area (Å²) < 4.78 is 5.49. The molecule has 0 aliphatic heterocycles.